The number of rotatable bonds is 6. The molecule has 8 nitrogen and oxygen atoms in total. The van der Waals surface area contributed by atoms with Gasteiger partial charge in [-0.25, -0.2) is 0 Å². The van der Waals surface area contributed by atoms with Crippen LogP contribution in [0.3, 0.4) is 0 Å². The molecule has 0 aliphatic heterocycles. The van der Waals surface area contributed by atoms with Gasteiger partial charge in [0.05, 0.1) is 19.0 Å². The second-order valence-corrected chi connectivity index (χ2v) is 5.29. The Kier molecular flexibility index (Phi) is 3.94. The third kappa shape index (κ3) is 3.09. The van der Waals surface area contributed by atoms with Crippen LogP contribution in [0, 0.1) is 0 Å². The molecule has 0 spiro atoms. The summed E-state index contributed by atoms with van der Waals surface area (Å²) in [6.45, 7) is 2.72. The Morgan fingerprint density at radius 1 is 1.48 bits per heavy atom. The van der Waals surface area contributed by atoms with Crippen LogP contribution < -0.4 is 5.32 Å². The third-order valence-corrected chi connectivity index (χ3v) is 3.64. The fraction of sp³-hybridized carbons (Fsp3) is 0.615. The Morgan fingerprint density at radius 3 is 3.05 bits per heavy atom. The topological polar surface area (TPSA) is 90.5 Å². The maximum absolute atomic E-state index is 12.1. The molecule has 2 heterocycles. The van der Waals surface area contributed by atoms with Gasteiger partial charge in [-0.3, -0.25) is 14.8 Å². The number of tetrazole rings is 1. The van der Waals surface area contributed by atoms with Crippen molar-refractivity contribution in [3.63, 3.8) is 0 Å². The summed E-state index contributed by atoms with van der Waals surface area (Å²) in [5, 5.41) is 18.8. The van der Waals surface area contributed by atoms with Crippen LogP contribution in [0.4, 0.5) is 5.95 Å². The highest BCUT2D eigenvalue weighted by atomic mass is 16.1. The molecule has 0 aromatic carbocycles. The van der Waals surface area contributed by atoms with E-state index in [1.807, 2.05) is 17.7 Å². The van der Waals surface area contributed by atoms with Gasteiger partial charge in [-0.15, -0.1) is 5.10 Å². The van der Waals surface area contributed by atoms with Crippen molar-refractivity contribution < 1.29 is 4.79 Å². The zero-order valence-corrected chi connectivity index (χ0v) is 12.1. The number of anilines is 1. The predicted octanol–water partition coefficient (Wildman–Crippen LogP) is 1.19. The van der Waals surface area contributed by atoms with Crippen LogP contribution >= 0.6 is 0 Å². The first-order valence-electron chi connectivity index (χ1n) is 7.36. The van der Waals surface area contributed by atoms with Gasteiger partial charge in [0.1, 0.15) is 0 Å². The Hall–Kier alpha value is -2.25. The van der Waals surface area contributed by atoms with Gasteiger partial charge in [-0.1, -0.05) is 12.0 Å². The lowest BCUT2D eigenvalue weighted by Crippen LogP contribution is -2.23. The fourth-order valence-corrected chi connectivity index (χ4v) is 2.36. The van der Waals surface area contributed by atoms with Crippen LogP contribution in [0.2, 0.25) is 0 Å². The minimum absolute atomic E-state index is 0.146. The summed E-state index contributed by atoms with van der Waals surface area (Å²) in [6.07, 6.45) is 6.47. The molecule has 0 saturated heterocycles. The molecule has 1 saturated carbocycles. The summed E-state index contributed by atoms with van der Waals surface area (Å²) in [4.78, 5) is 13.5. The smallest absolute Gasteiger partial charge is 0.270 e. The van der Waals surface area contributed by atoms with Gasteiger partial charge >= 0.3 is 0 Å². The third-order valence-electron chi connectivity index (χ3n) is 3.64. The summed E-state index contributed by atoms with van der Waals surface area (Å²) in [6, 6.07) is 2.34. The highest BCUT2D eigenvalue weighted by molar-refractivity contribution is 5.90. The maximum atomic E-state index is 12.1. The second-order valence-electron chi connectivity index (χ2n) is 5.29. The number of aryl methyl sites for hydroxylation is 1. The monoisotopic (exact) mass is 289 g/mol. The van der Waals surface area contributed by atoms with Crippen molar-refractivity contribution in [2.45, 2.75) is 51.6 Å². The van der Waals surface area contributed by atoms with E-state index < -0.39 is 0 Å². The number of hydrogen-bond donors (Lipinski definition) is 1. The molecule has 1 amide bonds. The van der Waals surface area contributed by atoms with Crippen molar-refractivity contribution in [1.29, 1.82) is 0 Å². The van der Waals surface area contributed by atoms with Gasteiger partial charge in [-0.2, -0.15) is 9.90 Å². The molecule has 0 radical (unpaired) electrons. The Morgan fingerprint density at radius 2 is 2.33 bits per heavy atom. The molecule has 1 fully saturated rings. The maximum Gasteiger partial charge on any atom is 0.270 e. The molecule has 1 aliphatic carbocycles. The molecule has 2 aromatic rings. The highest BCUT2D eigenvalue weighted by Gasteiger charge is 2.23. The van der Waals surface area contributed by atoms with E-state index in [4.69, 9.17) is 0 Å². The van der Waals surface area contributed by atoms with Crippen molar-refractivity contribution in [3.05, 3.63) is 18.0 Å². The zero-order chi connectivity index (χ0) is 14.7. The second kappa shape index (κ2) is 6.02. The molecular formula is C13H19N7O. The van der Waals surface area contributed by atoms with Gasteiger partial charge in [0, 0.05) is 11.9 Å². The number of hydrogen-bond acceptors (Lipinski definition) is 5. The Labute approximate surface area is 122 Å². The minimum atomic E-state index is -0.146. The number of nitrogens with zero attached hydrogens (tertiary/aromatic N) is 6. The number of nitrogens with one attached hydrogen (secondary N) is 1. The van der Waals surface area contributed by atoms with E-state index in [1.165, 1.54) is 11.2 Å². The van der Waals surface area contributed by atoms with E-state index in [9.17, 15) is 4.79 Å². The molecular weight excluding hydrogens is 270 g/mol. The van der Waals surface area contributed by atoms with Crippen molar-refractivity contribution in [2.75, 3.05) is 5.32 Å². The van der Waals surface area contributed by atoms with Crippen LogP contribution in [0.1, 0.15) is 44.3 Å². The van der Waals surface area contributed by atoms with Gasteiger partial charge in [0.15, 0.2) is 0 Å². The van der Waals surface area contributed by atoms with Crippen molar-refractivity contribution >= 4 is 11.9 Å². The molecule has 0 unspecified atom stereocenters. The van der Waals surface area contributed by atoms with Crippen molar-refractivity contribution in [3.8, 4) is 0 Å². The first-order chi connectivity index (χ1) is 10.3. The zero-order valence-electron chi connectivity index (χ0n) is 12.1. The minimum Gasteiger partial charge on any atom is -0.292 e. The molecule has 0 atom stereocenters. The SMILES string of the molecule is CCCn1nnc(NC(=O)Cc2ccnn2C2CCC2)n1. The van der Waals surface area contributed by atoms with Crippen molar-refractivity contribution in [2.24, 2.45) is 0 Å². The standard InChI is InChI=1S/C13H19N7O/c1-2-8-19-17-13(16-18-19)15-12(21)9-11-6-7-14-20(11)10-4-3-5-10/h6-7,10H,2-5,8-9H2,1H3,(H,15,17,21). The number of carbonyl (C=O) groups is 1. The van der Waals surface area contributed by atoms with E-state index >= 15 is 0 Å². The Balaban J connectivity index is 1.59. The average Bonchev–Trinajstić information content (AvgIpc) is 2.99. The molecule has 21 heavy (non-hydrogen) atoms. The van der Waals surface area contributed by atoms with E-state index in [0.29, 0.717) is 12.6 Å². The van der Waals surface area contributed by atoms with E-state index in [-0.39, 0.29) is 18.3 Å². The number of amides is 1. The summed E-state index contributed by atoms with van der Waals surface area (Å²) in [7, 11) is 0. The summed E-state index contributed by atoms with van der Waals surface area (Å²) in [5.74, 6) is 0.107. The van der Waals surface area contributed by atoms with Crippen LogP contribution in [-0.2, 0) is 17.8 Å². The molecule has 1 N–H and O–H groups in total. The summed E-state index contributed by atoms with van der Waals surface area (Å²) in [5.41, 5.74) is 0.929. The van der Waals surface area contributed by atoms with E-state index in [2.05, 4.69) is 25.8 Å². The van der Waals surface area contributed by atoms with Crippen LogP contribution in [0.5, 0.6) is 0 Å². The number of aromatic nitrogens is 6. The molecule has 3 rings (SSSR count). The average molecular weight is 289 g/mol. The lowest BCUT2D eigenvalue weighted by atomic mass is 9.93. The normalized spacial score (nSPS) is 14.9. The molecule has 0 bridgehead atoms. The van der Waals surface area contributed by atoms with E-state index in [0.717, 1.165) is 25.0 Å². The van der Waals surface area contributed by atoms with Gasteiger partial charge < -0.3 is 0 Å². The summed E-state index contributed by atoms with van der Waals surface area (Å²) < 4.78 is 1.96. The predicted molar refractivity (Wildman–Crippen MR) is 75.6 cm³/mol. The Bertz CT molecular complexity index is 614. The van der Waals surface area contributed by atoms with Crippen LogP contribution in [0.25, 0.3) is 0 Å². The first-order valence-corrected chi connectivity index (χ1v) is 7.36. The van der Waals surface area contributed by atoms with Gasteiger partial charge in [-0.05, 0) is 37.0 Å². The van der Waals surface area contributed by atoms with E-state index in [1.54, 1.807) is 6.20 Å². The molecule has 1 aliphatic rings. The first kappa shape index (κ1) is 13.7. The molecule has 8 heteroatoms. The molecule has 112 valence electrons. The number of carbonyl (C=O) groups excluding carboxylic acids is 1. The van der Waals surface area contributed by atoms with Crippen LogP contribution in [-0.4, -0.2) is 35.9 Å². The fourth-order valence-electron chi connectivity index (χ4n) is 2.36. The van der Waals surface area contributed by atoms with Crippen molar-refractivity contribution in [1.82, 2.24) is 30.0 Å². The lowest BCUT2D eigenvalue weighted by Gasteiger charge is -2.27. The van der Waals surface area contributed by atoms with Gasteiger partial charge in [0.2, 0.25) is 5.91 Å². The lowest BCUT2D eigenvalue weighted by molar-refractivity contribution is -0.115. The van der Waals surface area contributed by atoms with Gasteiger partial charge in [0.25, 0.3) is 5.95 Å². The molecule has 2 aromatic heterocycles. The quantitative estimate of drug-likeness (QED) is 0.862. The highest BCUT2D eigenvalue weighted by Crippen LogP contribution is 2.31. The summed E-state index contributed by atoms with van der Waals surface area (Å²) >= 11 is 0. The largest absolute Gasteiger partial charge is 0.292 e. The van der Waals surface area contributed by atoms with Crippen LogP contribution in [0.15, 0.2) is 12.3 Å².